The van der Waals surface area contributed by atoms with Crippen molar-refractivity contribution in [3.8, 4) is 5.75 Å². The van der Waals surface area contributed by atoms with Crippen molar-refractivity contribution in [3.63, 3.8) is 0 Å². The number of ether oxygens (including phenoxy) is 1. The van der Waals surface area contributed by atoms with Crippen molar-refractivity contribution in [2.24, 2.45) is 5.73 Å². The van der Waals surface area contributed by atoms with E-state index in [0.29, 0.717) is 11.4 Å². The van der Waals surface area contributed by atoms with E-state index in [2.05, 4.69) is 5.32 Å². The Kier molecular flexibility index (Phi) is 4.88. The van der Waals surface area contributed by atoms with Crippen molar-refractivity contribution in [1.82, 2.24) is 0 Å². The lowest BCUT2D eigenvalue weighted by Crippen LogP contribution is -2.19. The summed E-state index contributed by atoms with van der Waals surface area (Å²) in [6.45, 7) is 0.131. The lowest BCUT2D eigenvalue weighted by Gasteiger charge is -2.10. The van der Waals surface area contributed by atoms with E-state index in [9.17, 15) is 4.79 Å². The van der Waals surface area contributed by atoms with E-state index < -0.39 is 12.1 Å². The van der Waals surface area contributed by atoms with E-state index in [0.717, 1.165) is 0 Å². The number of nitrogens with two attached hydrogens (primary N) is 1. The van der Waals surface area contributed by atoms with Gasteiger partial charge in [-0.1, -0.05) is 0 Å². The standard InChI is InChI=1S/C10H13ClN2O3/c11-5-8(14)6-16-9-3-1-7(2-4-9)13-10(12)15/h1-4,8,14H,5-6H2,(H3,12,13,15)/t8-/m0/s1. The number of urea groups is 1. The molecule has 88 valence electrons. The fourth-order valence-corrected chi connectivity index (χ4v) is 1.10. The fourth-order valence-electron chi connectivity index (χ4n) is 1.01. The monoisotopic (exact) mass is 244 g/mol. The predicted octanol–water partition coefficient (Wildman–Crippen LogP) is 1.16. The van der Waals surface area contributed by atoms with Gasteiger partial charge in [-0.3, -0.25) is 0 Å². The molecule has 0 saturated heterocycles. The molecule has 0 radical (unpaired) electrons. The Labute approximate surface area is 98.2 Å². The van der Waals surface area contributed by atoms with E-state index in [-0.39, 0.29) is 12.5 Å². The maximum absolute atomic E-state index is 10.5. The van der Waals surface area contributed by atoms with Gasteiger partial charge in [0.15, 0.2) is 0 Å². The Morgan fingerprint density at radius 1 is 1.50 bits per heavy atom. The number of benzene rings is 1. The topological polar surface area (TPSA) is 84.6 Å². The van der Waals surface area contributed by atoms with Crippen LogP contribution in [0.1, 0.15) is 0 Å². The second kappa shape index (κ2) is 6.19. The average Bonchev–Trinajstić information content (AvgIpc) is 2.27. The van der Waals surface area contributed by atoms with E-state index in [1.54, 1.807) is 24.3 Å². The highest BCUT2D eigenvalue weighted by Crippen LogP contribution is 2.15. The number of primary amides is 1. The van der Waals surface area contributed by atoms with Gasteiger partial charge in [-0.25, -0.2) is 4.79 Å². The zero-order valence-corrected chi connectivity index (χ0v) is 9.28. The molecule has 0 unspecified atom stereocenters. The molecule has 1 aromatic carbocycles. The van der Waals surface area contributed by atoms with Crippen LogP contribution in [0.15, 0.2) is 24.3 Å². The largest absolute Gasteiger partial charge is 0.491 e. The summed E-state index contributed by atoms with van der Waals surface area (Å²) in [7, 11) is 0. The van der Waals surface area contributed by atoms with Crippen molar-refractivity contribution in [1.29, 1.82) is 0 Å². The van der Waals surface area contributed by atoms with Crippen LogP contribution in [0.3, 0.4) is 0 Å². The number of alkyl halides is 1. The normalized spacial score (nSPS) is 11.9. The number of anilines is 1. The lowest BCUT2D eigenvalue weighted by atomic mass is 10.3. The minimum atomic E-state index is -0.690. The second-order valence-electron chi connectivity index (χ2n) is 3.13. The molecule has 4 N–H and O–H groups in total. The number of rotatable bonds is 5. The van der Waals surface area contributed by atoms with Gasteiger partial charge in [-0.05, 0) is 24.3 Å². The van der Waals surface area contributed by atoms with Gasteiger partial charge in [0.2, 0.25) is 0 Å². The Bertz CT molecular complexity index is 342. The summed E-state index contributed by atoms with van der Waals surface area (Å²) in [6, 6.07) is 5.99. The van der Waals surface area contributed by atoms with E-state index in [1.165, 1.54) is 0 Å². The molecule has 0 heterocycles. The number of aliphatic hydroxyl groups excluding tert-OH is 1. The van der Waals surface area contributed by atoms with E-state index in [4.69, 9.17) is 27.2 Å². The van der Waals surface area contributed by atoms with Crippen LogP contribution < -0.4 is 15.8 Å². The molecular formula is C10H13ClN2O3. The van der Waals surface area contributed by atoms with Crippen LogP contribution in [0, 0.1) is 0 Å². The molecule has 1 rings (SSSR count). The Morgan fingerprint density at radius 3 is 2.62 bits per heavy atom. The molecule has 2 amide bonds. The quantitative estimate of drug-likeness (QED) is 0.680. The zero-order chi connectivity index (χ0) is 12.0. The fraction of sp³-hybridized carbons (Fsp3) is 0.300. The third-order valence-electron chi connectivity index (χ3n) is 1.74. The number of hydrogen-bond acceptors (Lipinski definition) is 3. The van der Waals surface area contributed by atoms with Crippen LogP contribution in [-0.4, -0.2) is 29.7 Å². The second-order valence-corrected chi connectivity index (χ2v) is 3.44. The van der Waals surface area contributed by atoms with Gasteiger partial charge in [0.1, 0.15) is 18.5 Å². The minimum Gasteiger partial charge on any atom is -0.491 e. The highest BCUT2D eigenvalue weighted by atomic mass is 35.5. The van der Waals surface area contributed by atoms with Crippen LogP contribution in [0.5, 0.6) is 5.75 Å². The molecular weight excluding hydrogens is 232 g/mol. The van der Waals surface area contributed by atoms with Crippen molar-refractivity contribution in [2.75, 3.05) is 17.8 Å². The molecule has 16 heavy (non-hydrogen) atoms. The van der Waals surface area contributed by atoms with Crippen LogP contribution in [-0.2, 0) is 0 Å². The average molecular weight is 245 g/mol. The SMILES string of the molecule is NC(=O)Nc1ccc(OC[C@@H](O)CCl)cc1. The van der Waals surface area contributed by atoms with Crippen molar-refractivity contribution >= 4 is 23.3 Å². The van der Waals surface area contributed by atoms with Gasteiger partial charge in [0.05, 0.1) is 5.88 Å². The maximum atomic E-state index is 10.5. The zero-order valence-electron chi connectivity index (χ0n) is 8.52. The molecule has 0 saturated carbocycles. The summed E-state index contributed by atoms with van der Waals surface area (Å²) in [5, 5.41) is 11.6. The first-order valence-electron chi connectivity index (χ1n) is 4.65. The molecule has 5 nitrogen and oxygen atoms in total. The lowest BCUT2D eigenvalue weighted by molar-refractivity contribution is 0.125. The highest BCUT2D eigenvalue weighted by molar-refractivity contribution is 6.18. The number of halogens is 1. The van der Waals surface area contributed by atoms with Crippen LogP contribution >= 0.6 is 11.6 Å². The maximum Gasteiger partial charge on any atom is 0.316 e. The Morgan fingerprint density at radius 2 is 2.12 bits per heavy atom. The van der Waals surface area contributed by atoms with Gasteiger partial charge in [0.25, 0.3) is 0 Å². The number of carbonyl (C=O) groups excluding carboxylic acids is 1. The summed E-state index contributed by atoms with van der Waals surface area (Å²) < 4.78 is 5.24. The number of nitrogens with one attached hydrogen (secondary N) is 1. The first kappa shape index (κ1) is 12.6. The first-order valence-corrected chi connectivity index (χ1v) is 5.18. The Balaban J connectivity index is 2.48. The first-order chi connectivity index (χ1) is 7.61. The third kappa shape index (κ3) is 4.37. The summed E-state index contributed by atoms with van der Waals surface area (Å²) >= 11 is 5.41. The van der Waals surface area contributed by atoms with Crippen LogP contribution in [0.2, 0.25) is 0 Å². The molecule has 6 heteroatoms. The molecule has 0 fully saturated rings. The van der Waals surface area contributed by atoms with Gasteiger partial charge in [0, 0.05) is 5.69 Å². The van der Waals surface area contributed by atoms with E-state index >= 15 is 0 Å². The van der Waals surface area contributed by atoms with Crippen molar-refractivity contribution in [2.45, 2.75) is 6.10 Å². The smallest absolute Gasteiger partial charge is 0.316 e. The van der Waals surface area contributed by atoms with E-state index in [1.807, 2.05) is 0 Å². The molecule has 0 aliphatic carbocycles. The van der Waals surface area contributed by atoms with Crippen LogP contribution in [0.4, 0.5) is 10.5 Å². The Hall–Kier alpha value is -1.46. The molecule has 0 aliphatic heterocycles. The molecule has 0 aliphatic rings. The number of carbonyl (C=O) groups is 1. The molecule has 1 atom stereocenters. The highest BCUT2D eigenvalue weighted by Gasteiger charge is 2.03. The van der Waals surface area contributed by atoms with Gasteiger partial charge >= 0.3 is 6.03 Å². The van der Waals surface area contributed by atoms with Gasteiger partial charge in [-0.15, -0.1) is 11.6 Å². The molecule has 0 spiro atoms. The van der Waals surface area contributed by atoms with Gasteiger partial charge < -0.3 is 20.9 Å². The van der Waals surface area contributed by atoms with Gasteiger partial charge in [-0.2, -0.15) is 0 Å². The predicted molar refractivity (Wildman–Crippen MR) is 61.9 cm³/mol. The summed E-state index contributed by atoms with van der Waals surface area (Å²) in [5.74, 6) is 0.709. The third-order valence-corrected chi connectivity index (χ3v) is 2.10. The molecule has 1 aromatic rings. The number of amides is 2. The van der Waals surface area contributed by atoms with Crippen molar-refractivity contribution in [3.05, 3.63) is 24.3 Å². The summed E-state index contributed by atoms with van der Waals surface area (Å²) in [6.07, 6.45) is -0.690. The number of hydrogen-bond donors (Lipinski definition) is 3. The van der Waals surface area contributed by atoms with Crippen LogP contribution in [0.25, 0.3) is 0 Å². The minimum absolute atomic E-state index is 0.126. The summed E-state index contributed by atoms with van der Waals surface area (Å²) in [4.78, 5) is 10.5. The van der Waals surface area contributed by atoms with Crippen molar-refractivity contribution < 1.29 is 14.6 Å². The molecule has 0 aromatic heterocycles. The summed E-state index contributed by atoms with van der Waals surface area (Å²) in [5.41, 5.74) is 5.53. The molecule has 0 bridgehead atoms. The number of aliphatic hydroxyl groups is 1.